The van der Waals surface area contributed by atoms with Crippen LogP contribution in [0.1, 0.15) is 27.0 Å². The third kappa shape index (κ3) is 2.28. The summed E-state index contributed by atoms with van der Waals surface area (Å²) in [4.78, 5) is 14.5. The van der Waals surface area contributed by atoms with E-state index in [4.69, 9.17) is 5.73 Å². The van der Waals surface area contributed by atoms with Crippen molar-refractivity contribution in [1.29, 1.82) is 0 Å². The van der Waals surface area contributed by atoms with E-state index in [0.717, 1.165) is 25.9 Å². The molecule has 0 fully saturated rings. The van der Waals surface area contributed by atoms with Crippen LogP contribution >= 0.6 is 22.6 Å². The fraction of sp³-hybridized carbons (Fsp3) is 0.188. The standard InChI is InChI=1S/C16H15IN2O/c1-10-3-2-4-14(15(10)17)16(20)19-8-11-5-6-13(18)7-12(11)9-19/h2-7H,8-9,18H2,1H3. The highest BCUT2D eigenvalue weighted by Crippen LogP contribution is 2.27. The van der Waals surface area contributed by atoms with E-state index in [1.54, 1.807) is 0 Å². The van der Waals surface area contributed by atoms with Crippen molar-refractivity contribution in [2.45, 2.75) is 20.0 Å². The Morgan fingerprint density at radius 2 is 1.95 bits per heavy atom. The lowest BCUT2D eigenvalue weighted by atomic mass is 10.1. The lowest BCUT2D eigenvalue weighted by Crippen LogP contribution is -2.26. The molecular formula is C16H15IN2O. The monoisotopic (exact) mass is 378 g/mol. The molecule has 4 heteroatoms. The van der Waals surface area contributed by atoms with Gasteiger partial charge in [0.25, 0.3) is 5.91 Å². The van der Waals surface area contributed by atoms with E-state index in [9.17, 15) is 4.79 Å². The van der Waals surface area contributed by atoms with E-state index < -0.39 is 0 Å². The third-order valence-electron chi connectivity index (χ3n) is 3.66. The molecule has 2 aromatic carbocycles. The number of nitrogen functional groups attached to an aromatic ring is 1. The van der Waals surface area contributed by atoms with Crippen molar-refractivity contribution >= 4 is 34.2 Å². The van der Waals surface area contributed by atoms with E-state index >= 15 is 0 Å². The molecule has 0 atom stereocenters. The summed E-state index contributed by atoms with van der Waals surface area (Å²) < 4.78 is 1.03. The highest BCUT2D eigenvalue weighted by Gasteiger charge is 2.25. The number of carbonyl (C=O) groups is 1. The Balaban J connectivity index is 1.89. The second kappa shape index (κ2) is 5.09. The number of fused-ring (bicyclic) bond motifs is 1. The molecule has 0 aromatic heterocycles. The number of aryl methyl sites for hydroxylation is 1. The molecule has 0 bridgehead atoms. The Labute approximate surface area is 131 Å². The van der Waals surface area contributed by atoms with Crippen LogP contribution in [0.15, 0.2) is 36.4 Å². The molecule has 0 aliphatic carbocycles. The van der Waals surface area contributed by atoms with E-state index in [1.807, 2.05) is 48.2 Å². The minimum absolute atomic E-state index is 0.0906. The molecule has 2 N–H and O–H groups in total. The van der Waals surface area contributed by atoms with Crippen LogP contribution < -0.4 is 5.73 Å². The number of hydrogen-bond acceptors (Lipinski definition) is 2. The first-order valence-electron chi connectivity index (χ1n) is 6.48. The summed E-state index contributed by atoms with van der Waals surface area (Å²) in [5.41, 5.74) is 10.8. The average molecular weight is 378 g/mol. The maximum absolute atomic E-state index is 12.7. The zero-order valence-corrected chi connectivity index (χ0v) is 13.3. The van der Waals surface area contributed by atoms with Crippen LogP contribution in [-0.2, 0) is 13.1 Å². The number of nitrogens with two attached hydrogens (primary N) is 1. The molecule has 0 radical (unpaired) electrons. The van der Waals surface area contributed by atoms with Gasteiger partial charge in [0, 0.05) is 22.3 Å². The molecule has 1 aliphatic rings. The summed E-state index contributed by atoms with van der Waals surface area (Å²) in [5.74, 6) is 0.0906. The van der Waals surface area contributed by atoms with E-state index in [2.05, 4.69) is 22.6 Å². The molecule has 102 valence electrons. The Bertz CT molecular complexity index is 697. The van der Waals surface area contributed by atoms with E-state index in [-0.39, 0.29) is 5.91 Å². The number of amides is 1. The fourth-order valence-corrected chi connectivity index (χ4v) is 3.13. The molecule has 0 saturated carbocycles. The van der Waals surface area contributed by atoms with Gasteiger partial charge in [-0.3, -0.25) is 4.79 Å². The van der Waals surface area contributed by atoms with Crippen LogP contribution in [0.2, 0.25) is 0 Å². The SMILES string of the molecule is Cc1cccc(C(=O)N2Cc3ccc(N)cc3C2)c1I. The van der Waals surface area contributed by atoms with Gasteiger partial charge in [0.2, 0.25) is 0 Å². The number of carbonyl (C=O) groups excluding carboxylic acids is 1. The van der Waals surface area contributed by atoms with Crippen LogP contribution in [0.25, 0.3) is 0 Å². The van der Waals surface area contributed by atoms with Gasteiger partial charge in [-0.15, -0.1) is 0 Å². The van der Waals surface area contributed by atoms with Crippen molar-refractivity contribution < 1.29 is 4.79 Å². The summed E-state index contributed by atoms with van der Waals surface area (Å²) in [6, 6.07) is 11.7. The number of anilines is 1. The largest absolute Gasteiger partial charge is 0.399 e. The van der Waals surface area contributed by atoms with Gasteiger partial charge in [0.15, 0.2) is 0 Å². The van der Waals surface area contributed by atoms with Gasteiger partial charge in [-0.25, -0.2) is 0 Å². The first-order valence-corrected chi connectivity index (χ1v) is 7.56. The quantitative estimate of drug-likeness (QED) is 0.611. The van der Waals surface area contributed by atoms with Crippen LogP contribution in [0.3, 0.4) is 0 Å². The van der Waals surface area contributed by atoms with Crippen LogP contribution in [-0.4, -0.2) is 10.8 Å². The van der Waals surface area contributed by atoms with Gasteiger partial charge in [-0.05, 0) is 64.4 Å². The van der Waals surface area contributed by atoms with Gasteiger partial charge < -0.3 is 10.6 Å². The van der Waals surface area contributed by atoms with Crippen molar-refractivity contribution in [2.24, 2.45) is 0 Å². The van der Waals surface area contributed by atoms with Gasteiger partial charge in [-0.1, -0.05) is 18.2 Å². The summed E-state index contributed by atoms with van der Waals surface area (Å²) in [6.07, 6.45) is 0. The van der Waals surface area contributed by atoms with Crippen molar-refractivity contribution in [3.63, 3.8) is 0 Å². The summed E-state index contributed by atoms with van der Waals surface area (Å²) in [5, 5.41) is 0. The summed E-state index contributed by atoms with van der Waals surface area (Å²) in [6.45, 7) is 3.33. The molecule has 0 unspecified atom stereocenters. The zero-order valence-electron chi connectivity index (χ0n) is 11.2. The third-order valence-corrected chi connectivity index (χ3v) is 5.09. The molecule has 0 spiro atoms. The average Bonchev–Trinajstić information content (AvgIpc) is 2.84. The molecule has 3 rings (SSSR count). The van der Waals surface area contributed by atoms with E-state index in [1.165, 1.54) is 5.56 Å². The topological polar surface area (TPSA) is 46.3 Å². The van der Waals surface area contributed by atoms with Gasteiger partial charge in [0.05, 0.1) is 5.56 Å². The summed E-state index contributed by atoms with van der Waals surface area (Å²) >= 11 is 2.24. The highest BCUT2D eigenvalue weighted by molar-refractivity contribution is 14.1. The lowest BCUT2D eigenvalue weighted by Gasteiger charge is -2.17. The predicted octanol–water partition coefficient (Wildman–Crippen LogP) is 3.34. The van der Waals surface area contributed by atoms with Crippen molar-refractivity contribution in [2.75, 3.05) is 5.73 Å². The van der Waals surface area contributed by atoms with Crippen LogP contribution in [0.5, 0.6) is 0 Å². The zero-order chi connectivity index (χ0) is 14.3. The minimum Gasteiger partial charge on any atom is -0.399 e. The highest BCUT2D eigenvalue weighted by atomic mass is 127. The van der Waals surface area contributed by atoms with Crippen LogP contribution in [0, 0.1) is 10.5 Å². The number of benzene rings is 2. The Morgan fingerprint density at radius 1 is 1.20 bits per heavy atom. The van der Waals surface area contributed by atoms with Crippen molar-refractivity contribution in [1.82, 2.24) is 4.90 Å². The summed E-state index contributed by atoms with van der Waals surface area (Å²) in [7, 11) is 0. The Morgan fingerprint density at radius 3 is 2.75 bits per heavy atom. The van der Waals surface area contributed by atoms with E-state index in [0.29, 0.717) is 13.1 Å². The first kappa shape index (κ1) is 13.4. The lowest BCUT2D eigenvalue weighted by molar-refractivity contribution is 0.0750. The fourth-order valence-electron chi connectivity index (χ4n) is 2.54. The molecule has 0 saturated heterocycles. The molecule has 1 amide bonds. The molecule has 2 aromatic rings. The van der Waals surface area contributed by atoms with Crippen LogP contribution in [0.4, 0.5) is 5.69 Å². The molecule has 1 heterocycles. The van der Waals surface area contributed by atoms with Gasteiger partial charge in [-0.2, -0.15) is 0 Å². The number of rotatable bonds is 1. The Hall–Kier alpha value is -1.56. The molecule has 1 aliphatic heterocycles. The maximum atomic E-state index is 12.7. The van der Waals surface area contributed by atoms with Gasteiger partial charge in [0.1, 0.15) is 0 Å². The molecular weight excluding hydrogens is 363 g/mol. The van der Waals surface area contributed by atoms with Crippen molar-refractivity contribution in [3.05, 3.63) is 62.2 Å². The molecule has 3 nitrogen and oxygen atoms in total. The molecule has 20 heavy (non-hydrogen) atoms. The second-order valence-corrected chi connectivity index (χ2v) is 6.20. The minimum atomic E-state index is 0.0906. The predicted molar refractivity (Wildman–Crippen MR) is 88.3 cm³/mol. The Kier molecular flexibility index (Phi) is 3.41. The normalized spacial score (nSPS) is 13.4. The van der Waals surface area contributed by atoms with Crippen molar-refractivity contribution in [3.8, 4) is 0 Å². The number of nitrogens with zero attached hydrogens (tertiary/aromatic N) is 1. The first-order chi connectivity index (χ1) is 9.56. The number of halogens is 1. The number of hydrogen-bond donors (Lipinski definition) is 1. The second-order valence-electron chi connectivity index (χ2n) is 5.13. The maximum Gasteiger partial charge on any atom is 0.255 e. The van der Waals surface area contributed by atoms with Gasteiger partial charge >= 0.3 is 0 Å². The smallest absolute Gasteiger partial charge is 0.255 e.